The highest BCUT2D eigenvalue weighted by Gasteiger charge is 2.36. The first-order chi connectivity index (χ1) is 5.60. The van der Waals surface area contributed by atoms with Gasteiger partial charge in [-0.3, -0.25) is 4.79 Å². The average molecular weight is 217 g/mol. The fraction of sp³-hybridized carbons (Fsp3) is 0.889. The molecule has 2 nitrogen and oxygen atoms in total. The summed E-state index contributed by atoms with van der Waals surface area (Å²) in [5.41, 5.74) is 0. The van der Waals surface area contributed by atoms with Crippen LogP contribution >= 0.6 is 0 Å². The molecule has 0 bridgehead atoms. The van der Waals surface area contributed by atoms with E-state index in [1.165, 1.54) is 0 Å². The second-order valence-corrected chi connectivity index (χ2v) is 15.4. The number of carbonyl (C=O) groups excluding carboxylic acids is 1. The van der Waals surface area contributed by atoms with Gasteiger partial charge in [0.1, 0.15) is 16.5 Å². The van der Waals surface area contributed by atoms with Crippen LogP contribution in [0.3, 0.4) is 0 Å². The van der Waals surface area contributed by atoms with Gasteiger partial charge in [-0.1, -0.05) is 46.2 Å². The molecule has 0 aromatic rings. The van der Waals surface area contributed by atoms with Crippen LogP contribution in [0, 0.1) is 0 Å². The van der Waals surface area contributed by atoms with Crippen LogP contribution in [0.25, 0.3) is 0 Å². The van der Waals surface area contributed by atoms with Crippen LogP contribution in [0.15, 0.2) is 0 Å². The summed E-state index contributed by atoms with van der Waals surface area (Å²) >= 11 is 0. The third-order valence-corrected chi connectivity index (χ3v) is 9.10. The molecule has 4 heteroatoms. The Balaban J connectivity index is 4.89. The molecule has 0 saturated heterocycles. The molecule has 0 N–H and O–H groups in total. The maximum Gasteiger partial charge on any atom is 0.206 e. The van der Waals surface area contributed by atoms with E-state index >= 15 is 0 Å². The van der Waals surface area contributed by atoms with Crippen molar-refractivity contribution in [3.05, 3.63) is 0 Å². The molecule has 13 heavy (non-hydrogen) atoms. The van der Waals surface area contributed by atoms with E-state index < -0.39 is 16.5 Å². The number of carbonyl (C=O) groups is 1. The first-order valence-corrected chi connectivity index (χ1v) is 11.8. The minimum absolute atomic E-state index is 0.346. The van der Waals surface area contributed by atoms with Gasteiger partial charge in [0, 0.05) is 6.42 Å². The maximum atomic E-state index is 11.8. The Labute approximate surface area is 84.5 Å². The Bertz CT molecular complexity index is 177. The zero-order valence-electron chi connectivity index (χ0n) is 10.1. The zero-order valence-corrected chi connectivity index (χ0v) is 12.1. The van der Waals surface area contributed by atoms with Crippen molar-refractivity contribution in [2.45, 2.75) is 52.6 Å². The van der Waals surface area contributed by atoms with Crippen LogP contribution in [-0.4, -0.2) is 26.6 Å². The molecular weight excluding hydrogens is 194 g/mol. The topological polar surface area (TPSA) is 20.3 Å². The van der Waals surface area contributed by atoms with Crippen molar-refractivity contribution < 1.29 is 4.79 Å². The summed E-state index contributed by atoms with van der Waals surface area (Å²) in [5, 5.41) is 0. The smallest absolute Gasteiger partial charge is 0.206 e. The van der Waals surface area contributed by atoms with Crippen LogP contribution < -0.4 is 0 Å². The highest BCUT2D eigenvalue weighted by atomic mass is 28.4. The summed E-state index contributed by atoms with van der Waals surface area (Å²) in [6.45, 7) is 15.4. The standard InChI is InChI=1S/C9H23NOSi2/c1-8-9(11)10(12(2,3)4)13(5,6)7/h8H2,1-7H3. The van der Waals surface area contributed by atoms with E-state index in [9.17, 15) is 4.79 Å². The van der Waals surface area contributed by atoms with Crippen molar-refractivity contribution in [2.75, 3.05) is 0 Å². The number of nitrogens with zero attached hydrogens (tertiary/aromatic N) is 1. The van der Waals surface area contributed by atoms with Crippen molar-refractivity contribution in [2.24, 2.45) is 0 Å². The largest absolute Gasteiger partial charge is 0.396 e. The van der Waals surface area contributed by atoms with E-state index in [1.807, 2.05) is 6.92 Å². The molecule has 0 aliphatic heterocycles. The lowest BCUT2D eigenvalue weighted by molar-refractivity contribution is -0.123. The Morgan fingerprint density at radius 3 is 1.38 bits per heavy atom. The van der Waals surface area contributed by atoms with Gasteiger partial charge in [-0.15, -0.1) is 0 Å². The van der Waals surface area contributed by atoms with Gasteiger partial charge in [-0.2, -0.15) is 0 Å². The van der Waals surface area contributed by atoms with E-state index in [1.54, 1.807) is 0 Å². The lowest BCUT2D eigenvalue weighted by atomic mass is 10.5. The van der Waals surface area contributed by atoms with Gasteiger partial charge >= 0.3 is 0 Å². The molecular formula is C9H23NOSi2. The molecule has 0 saturated carbocycles. The molecule has 0 radical (unpaired) electrons. The monoisotopic (exact) mass is 217 g/mol. The molecule has 0 aromatic heterocycles. The minimum Gasteiger partial charge on any atom is -0.396 e. The maximum absolute atomic E-state index is 11.8. The van der Waals surface area contributed by atoms with Gasteiger partial charge in [0.25, 0.3) is 0 Å². The van der Waals surface area contributed by atoms with Gasteiger partial charge in [0.15, 0.2) is 0 Å². The Morgan fingerprint density at radius 1 is 1.00 bits per heavy atom. The first-order valence-electron chi connectivity index (χ1n) is 4.94. The molecule has 0 aromatic carbocycles. The molecule has 0 atom stereocenters. The molecule has 0 fully saturated rings. The van der Waals surface area contributed by atoms with Crippen molar-refractivity contribution in [3.8, 4) is 0 Å². The molecule has 0 aliphatic rings. The van der Waals surface area contributed by atoms with Crippen molar-refractivity contribution >= 4 is 22.4 Å². The third kappa shape index (κ3) is 3.64. The van der Waals surface area contributed by atoms with E-state index in [4.69, 9.17) is 0 Å². The molecule has 1 amide bonds. The van der Waals surface area contributed by atoms with E-state index in [0.29, 0.717) is 12.3 Å². The number of amides is 1. The van der Waals surface area contributed by atoms with Gasteiger partial charge in [-0.05, 0) is 0 Å². The minimum atomic E-state index is -1.46. The molecule has 0 heterocycles. The van der Waals surface area contributed by atoms with Crippen molar-refractivity contribution in [1.82, 2.24) is 4.23 Å². The van der Waals surface area contributed by atoms with E-state index in [2.05, 4.69) is 43.5 Å². The van der Waals surface area contributed by atoms with Crippen LogP contribution in [-0.2, 0) is 4.79 Å². The predicted molar refractivity (Wildman–Crippen MR) is 63.8 cm³/mol. The number of rotatable bonds is 3. The normalized spacial score (nSPS) is 12.8. The van der Waals surface area contributed by atoms with E-state index in [-0.39, 0.29) is 0 Å². The number of hydrogen-bond acceptors (Lipinski definition) is 1. The molecule has 0 rings (SSSR count). The lowest BCUT2D eigenvalue weighted by Crippen LogP contribution is -2.61. The summed E-state index contributed by atoms with van der Waals surface area (Å²) < 4.78 is 2.24. The molecule has 0 spiro atoms. The Hall–Kier alpha value is -0.0962. The highest BCUT2D eigenvalue weighted by molar-refractivity contribution is 6.92. The fourth-order valence-corrected chi connectivity index (χ4v) is 11.8. The second kappa shape index (κ2) is 3.96. The van der Waals surface area contributed by atoms with Gasteiger partial charge < -0.3 is 4.23 Å². The van der Waals surface area contributed by atoms with Crippen molar-refractivity contribution in [3.63, 3.8) is 0 Å². The quantitative estimate of drug-likeness (QED) is 0.666. The van der Waals surface area contributed by atoms with Gasteiger partial charge in [0.2, 0.25) is 5.91 Å². The molecule has 78 valence electrons. The van der Waals surface area contributed by atoms with Crippen LogP contribution in [0.4, 0.5) is 0 Å². The fourth-order valence-electron chi connectivity index (χ4n) is 1.91. The molecule has 0 unspecified atom stereocenters. The van der Waals surface area contributed by atoms with E-state index in [0.717, 1.165) is 0 Å². The summed E-state index contributed by atoms with van der Waals surface area (Å²) in [4.78, 5) is 11.8. The predicted octanol–water partition coefficient (Wildman–Crippen LogP) is 2.89. The average Bonchev–Trinajstić information content (AvgIpc) is 1.80. The highest BCUT2D eigenvalue weighted by Crippen LogP contribution is 2.20. The van der Waals surface area contributed by atoms with Crippen LogP contribution in [0.2, 0.25) is 39.3 Å². The van der Waals surface area contributed by atoms with Gasteiger partial charge in [0.05, 0.1) is 0 Å². The summed E-state index contributed by atoms with van der Waals surface area (Å²) in [6.07, 6.45) is 0.647. The Morgan fingerprint density at radius 2 is 1.31 bits per heavy atom. The summed E-state index contributed by atoms with van der Waals surface area (Å²) in [5.74, 6) is 0.346. The molecule has 0 aliphatic carbocycles. The van der Waals surface area contributed by atoms with Gasteiger partial charge in [-0.25, -0.2) is 0 Å². The van der Waals surface area contributed by atoms with Crippen LogP contribution in [0.1, 0.15) is 13.3 Å². The summed E-state index contributed by atoms with van der Waals surface area (Å²) in [6, 6.07) is 0. The summed E-state index contributed by atoms with van der Waals surface area (Å²) in [7, 11) is -2.92. The Kier molecular flexibility index (Phi) is 3.93. The van der Waals surface area contributed by atoms with Crippen molar-refractivity contribution in [1.29, 1.82) is 0 Å². The SMILES string of the molecule is CCC(=O)N([Si](C)(C)C)[Si](C)(C)C. The lowest BCUT2D eigenvalue weighted by Gasteiger charge is -2.43. The zero-order chi connectivity index (χ0) is 10.9. The van der Waals surface area contributed by atoms with Crippen LogP contribution in [0.5, 0.6) is 0 Å². The first kappa shape index (κ1) is 12.9. The second-order valence-electron chi connectivity index (χ2n) is 5.42. The number of hydrogen-bond donors (Lipinski definition) is 0. The third-order valence-electron chi connectivity index (χ3n) is 1.89.